The molecule has 0 unspecified atom stereocenters. The Balaban J connectivity index is 2.55. The third kappa shape index (κ3) is 5.42. The third-order valence-corrected chi connectivity index (χ3v) is 3.96. The van der Waals surface area contributed by atoms with E-state index in [2.05, 4.69) is 40.0 Å². The van der Waals surface area contributed by atoms with E-state index in [1.54, 1.807) is 0 Å². The first-order valence-corrected chi connectivity index (χ1v) is 7.46. The van der Waals surface area contributed by atoms with E-state index in [0.29, 0.717) is 16.6 Å². The van der Waals surface area contributed by atoms with E-state index in [0.717, 1.165) is 32.2 Å². The maximum Gasteiger partial charge on any atom is 0.416 e. The number of benzene rings is 1. The Kier molecular flexibility index (Phi) is 6.99. The lowest BCUT2D eigenvalue weighted by atomic mass is 10.1. The van der Waals surface area contributed by atoms with Crippen LogP contribution in [0.5, 0.6) is 0 Å². The molecule has 0 atom stereocenters. The van der Waals surface area contributed by atoms with Gasteiger partial charge in [-0.15, -0.1) is 0 Å². The third-order valence-electron chi connectivity index (χ3n) is 3.19. The summed E-state index contributed by atoms with van der Waals surface area (Å²) in [6, 6.07) is 3.72. The summed E-state index contributed by atoms with van der Waals surface area (Å²) in [6.45, 7) is 8.20. The van der Waals surface area contributed by atoms with Gasteiger partial charge in [-0.1, -0.05) is 29.8 Å². The zero-order chi connectivity index (χ0) is 15.2. The quantitative estimate of drug-likeness (QED) is 0.748. The first-order chi connectivity index (χ1) is 9.38. The Morgan fingerprint density at radius 2 is 1.85 bits per heavy atom. The van der Waals surface area contributed by atoms with Crippen molar-refractivity contribution in [2.24, 2.45) is 0 Å². The van der Waals surface area contributed by atoms with Crippen LogP contribution in [0.4, 0.5) is 13.2 Å². The van der Waals surface area contributed by atoms with Crippen molar-refractivity contribution in [3.05, 3.63) is 33.8 Å². The number of alkyl halides is 3. The number of nitrogens with zero attached hydrogens (tertiary/aromatic N) is 1. The van der Waals surface area contributed by atoms with E-state index in [1.807, 2.05) is 0 Å². The molecule has 0 aliphatic heterocycles. The van der Waals surface area contributed by atoms with Crippen LogP contribution in [0, 0.1) is 0 Å². The Labute approximate surface area is 126 Å². The summed E-state index contributed by atoms with van der Waals surface area (Å²) < 4.78 is 38.6. The Morgan fingerprint density at radius 1 is 1.20 bits per heavy atom. The lowest BCUT2D eigenvalue weighted by Crippen LogP contribution is -2.31. The second-order valence-corrected chi connectivity index (χ2v) is 5.36. The van der Waals surface area contributed by atoms with Gasteiger partial charge in [0.2, 0.25) is 0 Å². The van der Waals surface area contributed by atoms with E-state index in [1.165, 1.54) is 12.1 Å². The van der Waals surface area contributed by atoms with Crippen LogP contribution in [0.1, 0.15) is 25.0 Å². The molecule has 0 saturated carbocycles. The molecule has 0 heterocycles. The minimum atomic E-state index is -4.29. The van der Waals surface area contributed by atoms with Crippen LogP contribution in [0.25, 0.3) is 0 Å². The molecule has 20 heavy (non-hydrogen) atoms. The van der Waals surface area contributed by atoms with Crippen LogP contribution in [-0.2, 0) is 12.7 Å². The summed E-state index contributed by atoms with van der Waals surface area (Å²) in [5.41, 5.74) is 0.0145. The molecule has 2 nitrogen and oxygen atoms in total. The highest BCUT2D eigenvalue weighted by molar-refractivity contribution is 9.10. The molecule has 1 aromatic carbocycles. The predicted octanol–water partition coefficient (Wildman–Crippen LogP) is 3.90. The lowest BCUT2D eigenvalue weighted by molar-refractivity contribution is -0.137. The fourth-order valence-electron chi connectivity index (χ4n) is 1.89. The van der Waals surface area contributed by atoms with Crippen LogP contribution in [0.15, 0.2) is 22.7 Å². The van der Waals surface area contributed by atoms with Crippen molar-refractivity contribution in [1.82, 2.24) is 10.2 Å². The highest BCUT2D eigenvalue weighted by atomic mass is 79.9. The summed E-state index contributed by atoms with van der Waals surface area (Å²) in [6.07, 6.45) is -4.29. The van der Waals surface area contributed by atoms with Gasteiger partial charge in [-0.05, 0) is 36.9 Å². The molecule has 1 rings (SSSR count). The molecule has 0 spiro atoms. The molecule has 0 aromatic heterocycles. The van der Waals surface area contributed by atoms with Crippen LogP contribution < -0.4 is 5.32 Å². The van der Waals surface area contributed by atoms with Gasteiger partial charge in [0.05, 0.1) is 5.56 Å². The van der Waals surface area contributed by atoms with Crippen molar-refractivity contribution in [1.29, 1.82) is 0 Å². The number of nitrogens with one attached hydrogen (secondary N) is 1. The van der Waals surface area contributed by atoms with Gasteiger partial charge >= 0.3 is 6.18 Å². The molecule has 0 bridgehead atoms. The van der Waals surface area contributed by atoms with Gasteiger partial charge < -0.3 is 10.2 Å². The molecule has 6 heteroatoms. The molecule has 0 fully saturated rings. The van der Waals surface area contributed by atoms with Crippen molar-refractivity contribution in [2.45, 2.75) is 26.6 Å². The standard InChI is InChI=1S/C14H20BrF3N2/c1-3-20(4-2)8-7-19-10-11-9-12(14(16,17)18)5-6-13(11)15/h5-6,9,19H,3-4,7-8,10H2,1-2H3. The number of rotatable bonds is 7. The molecule has 0 saturated heterocycles. The molecule has 0 aliphatic carbocycles. The minimum absolute atomic E-state index is 0.422. The van der Waals surface area contributed by atoms with Gasteiger partial charge in [-0.3, -0.25) is 0 Å². The predicted molar refractivity (Wildman–Crippen MR) is 78.6 cm³/mol. The smallest absolute Gasteiger partial charge is 0.311 e. The van der Waals surface area contributed by atoms with E-state index in [4.69, 9.17) is 0 Å². The van der Waals surface area contributed by atoms with Gasteiger partial charge in [0, 0.05) is 24.1 Å². The first-order valence-electron chi connectivity index (χ1n) is 6.67. The molecule has 0 aliphatic rings. The Morgan fingerprint density at radius 3 is 2.40 bits per heavy atom. The van der Waals surface area contributed by atoms with E-state index in [-0.39, 0.29) is 0 Å². The first kappa shape index (κ1) is 17.5. The van der Waals surface area contributed by atoms with Crippen LogP contribution in [0.2, 0.25) is 0 Å². The second kappa shape index (κ2) is 8.00. The normalized spacial score (nSPS) is 12.2. The maximum atomic E-state index is 12.6. The van der Waals surface area contributed by atoms with Crippen molar-refractivity contribution >= 4 is 15.9 Å². The monoisotopic (exact) mass is 352 g/mol. The van der Waals surface area contributed by atoms with Crippen molar-refractivity contribution in [3.8, 4) is 0 Å². The maximum absolute atomic E-state index is 12.6. The average Bonchev–Trinajstić information content (AvgIpc) is 2.39. The molecule has 114 valence electrons. The lowest BCUT2D eigenvalue weighted by Gasteiger charge is -2.18. The molecule has 0 amide bonds. The number of likely N-dealkylation sites (N-methyl/N-ethyl adjacent to an activating group) is 1. The van der Waals surface area contributed by atoms with E-state index < -0.39 is 11.7 Å². The zero-order valence-electron chi connectivity index (χ0n) is 11.7. The van der Waals surface area contributed by atoms with Gasteiger partial charge in [-0.25, -0.2) is 0 Å². The van der Waals surface area contributed by atoms with Crippen LogP contribution in [0.3, 0.4) is 0 Å². The summed E-state index contributed by atoms with van der Waals surface area (Å²) >= 11 is 3.29. The molecular formula is C14H20BrF3N2. The summed E-state index contributed by atoms with van der Waals surface area (Å²) in [5, 5.41) is 3.18. The number of hydrogen-bond acceptors (Lipinski definition) is 2. The average molecular weight is 353 g/mol. The SMILES string of the molecule is CCN(CC)CCNCc1cc(C(F)(F)F)ccc1Br. The number of hydrogen-bond donors (Lipinski definition) is 1. The van der Waals surface area contributed by atoms with Crippen LogP contribution >= 0.6 is 15.9 Å². The molecule has 1 aromatic rings. The minimum Gasteiger partial charge on any atom is -0.311 e. The van der Waals surface area contributed by atoms with Gasteiger partial charge in [-0.2, -0.15) is 13.2 Å². The molecule has 0 radical (unpaired) electrons. The second-order valence-electron chi connectivity index (χ2n) is 4.51. The van der Waals surface area contributed by atoms with E-state index in [9.17, 15) is 13.2 Å². The molecule has 1 N–H and O–H groups in total. The van der Waals surface area contributed by atoms with E-state index >= 15 is 0 Å². The van der Waals surface area contributed by atoms with Crippen molar-refractivity contribution in [2.75, 3.05) is 26.2 Å². The Bertz CT molecular complexity index is 417. The summed E-state index contributed by atoms with van der Waals surface area (Å²) in [5.74, 6) is 0. The summed E-state index contributed by atoms with van der Waals surface area (Å²) in [7, 11) is 0. The van der Waals surface area contributed by atoms with Crippen molar-refractivity contribution < 1.29 is 13.2 Å². The number of halogens is 4. The highest BCUT2D eigenvalue weighted by Crippen LogP contribution is 2.31. The topological polar surface area (TPSA) is 15.3 Å². The van der Waals surface area contributed by atoms with Gasteiger partial charge in [0.25, 0.3) is 0 Å². The zero-order valence-corrected chi connectivity index (χ0v) is 13.3. The molecular weight excluding hydrogens is 333 g/mol. The Hall–Kier alpha value is -0.590. The van der Waals surface area contributed by atoms with Crippen LogP contribution in [-0.4, -0.2) is 31.1 Å². The van der Waals surface area contributed by atoms with Crippen molar-refractivity contribution in [3.63, 3.8) is 0 Å². The largest absolute Gasteiger partial charge is 0.416 e. The van der Waals surface area contributed by atoms with Gasteiger partial charge in [0.1, 0.15) is 0 Å². The fourth-order valence-corrected chi connectivity index (χ4v) is 2.27. The highest BCUT2D eigenvalue weighted by Gasteiger charge is 2.30. The summed E-state index contributed by atoms with van der Waals surface area (Å²) in [4.78, 5) is 2.26. The van der Waals surface area contributed by atoms with Gasteiger partial charge in [0.15, 0.2) is 0 Å². The fraction of sp³-hybridized carbons (Fsp3) is 0.571.